The SMILES string of the molecule is COCCOC[Si](C)(C)O[Si](C)(C)COCCOC. The molecule has 0 heterocycles. The normalized spacial score (nSPS) is 12.9. The molecule has 0 aromatic heterocycles. The van der Waals surface area contributed by atoms with Crippen LogP contribution in [0.2, 0.25) is 26.2 Å². The highest BCUT2D eigenvalue weighted by Crippen LogP contribution is 2.15. The highest BCUT2D eigenvalue weighted by molar-refractivity contribution is 6.84. The number of hydrogen-bond donors (Lipinski definition) is 0. The van der Waals surface area contributed by atoms with Gasteiger partial charge in [0.05, 0.1) is 38.9 Å². The summed E-state index contributed by atoms with van der Waals surface area (Å²) in [5, 5.41) is 0. The standard InChI is InChI=1S/C12H30O5Si2/c1-13-7-9-15-11-18(3,4)17-19(5,6)12-16-10-8-14-2/h7-12H2,1-6H3. The van der Waals surface area contributed by atoms with E-state index < -0.39 is 16.6 Å². The second kappa shape index (κ2) is 10.0. The molecule has 0 radical (unpaired) electrons. The van der Waals surface area contributed by atoms with Gasteiger partial charge >= 0.3 is 0 Å². The summed E-state index contributed by atoms with van der Waals surface area (Å²) < 4.78 is 27.5. The van der Waals surface area contributed by atoms with Crippen molar-refractivity contribution in [3.8, 4) is 0 Å². The van der Waals surface area contributed by atoms with Gasteiger partial charge in [-0.15, -0.1) is 0 Å². The fourth-order valence-corrected chi connectivity index (χ4v) is 9.45. The number of methoxy groups -OCH3 is 2. The first kappa shape index (κ1) is 19.2. The van der Waals surface area contributed by atoms with Gasteiger partial charge in [-0.1, -0.05) is 0 Å². The third-order valence-corrected chi connectivity index (χ3v) is 8.53. The fourth-order valence-electron chi connectivity index (χ4n) is 1.73. The molecule has 19 heavy (non-hydrogen) atoms. The summed E-state index contributed by atoms with van der Waals surface area (Å²) in [5.74, 6) is 0. The Morgan fingerprint density at radius 2 is 1.00 bits per heavy atom. The van der Waals surface area contributed by atoms with Crippen LogP contribution in [0.3, 0.4) is 0 Å². The zero-order chi connectivity index (χ0) is 14.8. The van der Waals surface area contributed by atoms with Gasteiger partial charge in [-0.2, -0.15) is 0 Å². The van der Waals surface area contributed by atoms with Crippen LogP contribution in [0.5, 0.6) is 0 Å². The number of ether oxygens (including phenoxy) is 4. The van der Waals surface area contributed by atoms with Gasteiger partial charge in [0.25, 0.3) is 0 Å². The molecule has 0 rings (SSSR count). The van der Waals surface area contributed by atoms with Crippen molar-refractivity contribution in [3.63, 3.8) is 0 Å². The minimum absolute atomic E-state index is 0.628. The van der Waals surface area contributed by atoms with Crippen LogP contribution < -0.4 is 0 Å². The average Bonchev–Trinajstić information content (AvgIpc) is 2.29. The van der Waals surface area contributed by atoms with Crippen molar-refractivity contribution in [2.75, 3.05) is 53.1 Å². The fraction of sp³-hybridized carbons (Fsp3) is 1.00. The molecule has 0 atom stereocenters. The lowest BCUT2D eigenvalue weighted by Gasteiger charge is -2.33. The van der Waals surface area contributed by atoms with Gasteiger partial charge in [0, 0.05) is 14.2 Å². The molecular weight excluding hydrogens is 280 g/mol. The second-order valence-corrected chi connectivity index (χ2v) is 14.1. The molecule has 0 aromatic rings. The second-order valence-electron chi connectivity index (χ2n) is 5.71. The zero-order valence-corrected chi connectivity index (χ0v) is 15.3. The van der Waals surface area contributed by atoms with Crippen LogP contribution in [-0.2, 0) is 23.1 Å². The molecule has 0 aliphatic carbocycles. The van der Waals surface area contributed by atoms with E-state index in [4.69, 9.17) is 23.1 Å². The molecule has 0 aliphatic heterocycles. The van der Waals surface area contributed by atoms with Crippen LogP contribution >= 0.6 is 0 Å². The van der Waals surface area contributed by atoms with E-state index >= 15 is 0 Å². The van der Waals surface area contributed by atoms with Crippen molar-refractivity contribution >= 4 is 16.6 Å². The van der Waals surface area contributed by atoms with Crippen LogP contribution in [0, 0.1) is 0 Å². The molecule has 0 N–H and O–H groups in total. The molecule has 0 saturated heterocycles. The Kier molecular flexibility index (Phi) is 10.2. The molecule has 0 fully saturated rings. The lowest BCUT2D eigenvalue weighted by molar-refractivity contribution is 0.0828. The van der Waals surface area contributed by atoms with E-state index in [1.54, 1.807) is 14.2 Å². The van der Waals surface area contributed by atoms with Crippen molar-refractivity contribution in [2.45, 2.75) is 26.2 Å². The van der Waals surface area contributed by atoms with Crippen LogP contribution in [-0.4, -0.2) is 69.7 Å². The minimum atomic E-state index is -1.78. The van der Waals surface area contributed by atoms with Crippen molar-refractivity contribution in [1.29, 1.82) is 0 Å². The summed E-state index contributed by atoms with van der Waals surface area (Å²) in [6, 6.07) is 0. The van der Waals surface area contributed by atoms with Gasteiger partial charge < -0.3 is 23.1 Å². The summed E-state index contributed by atoms with van der Waals surface area (Å²) in [6.45, 7) is 11.3. The number of hydrogen-bond acceptors (Lipinski definition) is 5. The average molecular weight is 311 g/mol. The molecule has 7 heteroatoms. The summed E-state index contributed by atoms with van der Waals surface area (Å²) in [6.07, 6.45) is 1.40. The molecule has 0 amide bonds. The first-order chi connectivity index (χ1) is 8.83. The molecule has 0 bridgehead atoms. The van der Waals surface area contributed by atoms with Crippen molar-refractivity contribution < 1.29 is 23.1 Å². The summed E-state index contributed by atoms with van der Waals surface area (Å²) >= 11 is 0. The van der Waals surface area contributed by atoms with Crippen LogP contribution in [0.15, 0.2) is 0 Å². The lowest BCUT2D eigenvalue weighted by Crippen LogP contribution is -2.50. The molecular formula is C12H30O5Si2. The maximum absolute atomic E-state index is 6.33. The molecule has 0 aromatic carbocycles. The summed E-state index contributed by atoms with van der Waals surface area (Å²) in [5.41, 5.74) is 0. The Morgan fingerprint density at radius 1 is 0.632 bits per heavy atom. The lowest BCUT2D eigenvalue weighted by atomic mass is 10.8. The molecule has 0 saturated carbocycles. The monoisotopic (exact) mass is 310 g/mol. The molecule has 0 unspecified atom stereocenters. The predicted molar refractivity (Wildman–Crippen MR) is 81.4 cm³/mol. The van der Waals surface area contributed by atoms with Crippen LogP contribution in [0.25, 0.3) is 0 Å². The Morgan fingerprint density at radius 3 is 1.32 bits per heavy atom. The van der Waals surface area contributed by atoms with Crippen LogP contribution in [0.4, 0.5) is 0 Å². The van der Waals surface area contributed by atoms with Crippen LogP contribution in [0.1, 0.15) is 0 Å². The van der Waals surface area contributed by atoms with E-state index in [0.29, 0.717) is 38.9 Å². The van der Waals surface area contributed by atoms with E-state index in [0.717, 1.165) is 0 Å². The van der Waals surface area contributed by atoms with Gasteiger partial charge in [0.1, 0.15) is 0 Å². The van der Waals surface area contributed by atoms with Crippen molar-refractivity contribution in [1.82, 2.24) is 0 Å². The number of rotatable bonds is 12. The maximum atomic E-state index is 6.33. The van der Waals surface area contributed by atoms with Gasteiger partial charge in [-0.3, -0.25) is 0 Å². The zero-order valence-electron chi connectivity index (χ0n) is 13.3. The summed E-state index contributed by atoms with van der Waals surface area (Å²) in [4.78, 5) is 0. The highest BCUT2D eigenvalue weighted by atomic mass is 28.4. The molecule has 5 nitrogen and oxygen atoms in total. The van der Waals surface area contributed by atoms with Crippen molar-refractivity contribution in [2.24, 2.45) is 0 Å². The molecule has 116 valence electrons. The third-order valence-electron chi connectivity index (χ3n) is 2.32. The van der Waals surface area contributed by atoms with Gasteiger partial charge in [-0.25, -0.2) is 0 Å². The molecule has 0 spiro atoms. The first-order valence-corrected chi connectivity index (χ1v) is 12.9. The predicted octanol–water partition coefficient (Wildman–Crippen LogP) is 1.82. The first-order valence-electron chi connectivity index (χ1n) is 6.66. The van der Waals surface area contributed by atoms with Gasteiger partial charge in [0.15, 0.2) is 16.6 Å². The Hall–Kier alpha value is 0.234. The Labute approximate surface area is 119 Å². The highest BCUT2D eigenvalue weighted by Gasteiger charge is 2.33. The Balaban J connectivity index is 3.93. The maximum Gasteiger partial charge on any atom is 0.199 e. The quantitative estimate of drug-likeness (QED) is 0.406. The van der Waals surface area contributed by atoms with E-state index in [-0.39, 0.29) is 0 Å². The van der Waals surface area contributed by atoms with E-state index in [1.165, 1.54) is 0 Å². The van der Waals surface area contributed by atoms with E-state index in [2.05, 4.69) is 26.2 Å². The minimum Gasteiger partial charge on any atom is -0.453 e. The Bertz CT molecular complexity index is 202. The third kappa shape index (κ3) is 11.7. The smallest absolute Gasteiger partial charge is 0.199 e. The summed E-state index contributed by atoms with van der Waals surface area (Å²) in [7, 11) is -0.216. The largest absolute Gasteiger partial charge is 0.453 e. The van der Waals surface area contributed by atoms with Gasteiger partial charge in [0.2, 0.25) is 0 Å². The van der Waals surface area contributed by atoms with Gasteiger partial charge in [-0.05, 0) is 26.2 Å². The molecule has 0 aliphatic rings. The van der Waals surface area contributed by atoms with E-state index in [1.807, 2.05) is 0 Å². The topological polar surface area (TPSA) is 46.2 Å². The van der Waals surface area contributed by atoms with E-state index in [9.17, 15) is 0 Å². The van der Waals surface area contributed by atoms with Crippen molar-refractivity contribution in [3.05, 3.63) is 0 Å².